The number of carbonyl (C=O) groups is 2. The summed E-state index contributed by atoms with van der Waals surface area (Å²) in [7, 11) is 0. The van der Waals surface area contributed by atoms with Crippen molar-refractivity contribution in [1.82, 2.24) is 10.2 Å². The molecule has 2 aromatic carbocycles. The van der Waals surface area contributed by atoms with Gasteiger partial charge in [-0.15, -0.1) is 0 Å². The highest BCUT2D eigenvalue weighted by Gasteiger charge is 2.28. The molecule has 0 fully saturated rings. The summed E-state index contributed by atoms with van der Waals surface area (Å²) in [5.74, 6) is 0.182. The van der Waals surface area contributed by atoms with Crippen LogP contribution in [0.1, 0.15) is 38.7 Å². The molecule has 0 radical (unpaired) electrons. The number of ether oxygens (including phenoxy) is 1. The molecule has 1 unspecified atom stereocenters. The third-order valence-electron chi connectivity index (χ3n) is 4.94. The number of amides is 2. The van der Waals surface area contributed by atoms with Gasteiger partial charge in [-0.2, -0.15) is 0 Å². The van der Waals surface area contributed by atoms with Crippen LogP contribution in [0.3, 0.4) is 0 Å². The van der Waals surface area contributed by atoms with Gasteiger partial charge in [-0.1, -0.05) is 62.2 Å². The molecule has 0 spiro atoms. The van der Waals surface area contributed by atoms with Crippen molar-refractivity contribution in [2.24, 2.45) is 0 Å². The quantitative estimate of drug-likeness (QED) is 0.398. The molecule has 1 N–H and O–H groups in total. The Hall–Kier alpha value is -2.05. The number of nitrogens with zero attached hydrogens (tertiary/aromatic N) is 1. The average Bonchev–Trinajstić information content (AvgIpc) is 2.76. The maximum absolute atomic E-state index is 13.1. The normalized spacial score (nSPS) is 11.6. The Labute approximate surface area is 198 Å². The third kappa shape index (κ3) is 8.19. The van der Waals surface area contributed by atoms with Gasteiger partial charge >= 0.3 is 0 Å². The highest BCUT2D eigenvalue weighted by atomic mass is 79.9. The Morgan fingerprint density at radius 1 is 1.16 bits per heavy atom. The van der Waals surface area contributed by atoms with E-state index >= 15 is 0 Å². The molecular formula is C24H30BrClN2O3. The van der Waals surface area contributed by atoms with Crippen molar-refractivity contribution in [2.75, 3.05) is 19.7 Å². The maximum Gasteiger partial charge on any atom is 0.261 e. The highest BCUT2D eigenvalue weighted by molar-refractivity contribution is 9.10. The molecule has 5 nitrogen and oxygen atoms in total. The number of benzene rings is 2. The second kappa shape index (κ2) is 13.4. The molecule has 0 aliphatic heterocycles. The molecule has 0 bridgehead atoms. The zero-order valence-corrected chi connectivity index (χ0v) is 20.4. The molecule has 168 valence electrons. The van der Waals surface area contributed by atoms with Gasteiger partial charge in [-0.05, 0) is 59.0 Å². The number of rotatable bonds is 12. The Bertz CT molecular complexity index is 848. The van der Waals surface area contributed by atoms with E-state index in [9.17, 15) is 9.59 Å². The fourth-order valence-corrected chi connectivity index (χ4v) is 4.01. The van der Waals surface area contributed by atoms with Crippen molar-refractivity contribution >= 4 is 39.3 Å². The molecule has 0 aliphatic carbocycles. The van der Waals surface area contributed by atoms with Gasteiger partial charge in [0.2, 0.25) is 5.91 Å². The summed E-state index contributed by atoms with van der Waals surface area (Å²) in [5.41, 5.74) is 1.11. The van der Waals surface area contributed by atoms with Crippen LogP contribution < -0.4 is 10.1 Å². The summed E-state index contributed by atoms with van der Waals surface area (Å²) in [6.45, 7) is 4.89. The molecule has 2 rings (SSSR count). The van der Waals surface area contributed by atoms with Crippen LogP contribution in [-0.2, 0) is 16.0 Å². The van der Waals surface area contributed by atoms with E-state index in [0.717, 1.165) is 18.4 Å². The molecule has 7 heteroatoms. The van der Waals surface area contributed by atoms with Crippen LogP contribution in [-0.4, -0.2) is 42.5 Å². The molecule has 0 saturated carbocycles. The number of carbonyl (C=O) groups excluding carboxylic acids is 2. The summed E-state index contributed by atoms with van der Waals surface area (Å²) in [5, 5.41) is 3.54. The van der Waals surface area contributed by atoms with Crippen molar-refractivity contribution in [3.05, 3.63) is 63.6 Å². The molecule has 0 heterocycles. The zero-order valence-electron chi connectivity index (χ0n) is 18.1. The van der Waals surface area contributed by atoms with Crippen LogP contribution in [0.15, 0.2) is 53.0 Å². The lowest BCUT2D eigenvalue weighted by atomic mass is 10.1. The fourth-order valence-electron chi connectivity index (χ4n) is 3.22. The van der Waals surface area contributed by atoms with Crippen LogP contribution in [0.25, 0.3) is 0 Å². The van der Waals surface area contributed by atoms with E-state index in [-0.39, 0.29) is 18.4 Å². The number of hydrogen-bond acceptors (Lipinski definition) is 3. The summed E-state index contributed by atoms with van der Waals surface area (Å²) >= 11 is 9.37. The molecule has 0 aromatic heterocycles. The van der Waals surface area contributed by atoms with Gasteiger partial charge < -0.3 is 15.0 Å². The Balaban J connectivity index is 2.11. The van der Waals surface area contributed by atoms with Gasteiger partial charge in [0, 0.05) is 18.1 Å². The molecule has 0 saturated heterocycles. The topological polar surface area (TPSA) is 58.6 Å². The number of hydrogen-bond donors (Lipinski definition) is 1. The first-order chi connectivity index (χ1) is 15.0. The second-order valence-corrected chi connectivity index (χ2v) is 8.55. The average molecular weight is 510 g/mol. The minimum absolute atomic E-state index is 0.120. The predicted molar refractivity (Wildman–Crippen MR) is 129 cm³/mol. The third-order valence-corrected chi connectivity index (χ3v) is 5.80. The maximum atomic E-state index is 13.1. The molecule has 2 aromatic rings. The van der Waals surface area contributed by atoms with E-state index in [1.54, 1.807) is 23.1 Å². The second-order valence-electron chi connectivity index (χ2n) is 7.25. The monoisotopic (exact) mass is 508 g/mol. The summed E-state index contributed by atoms with van der Waals surface area (Å²) in [6, 6.07) is 14.5. The van der Waals surface area contributed by atoms with Crippen molar-refractivity contribution < 1.29 is 14.3 Å². The predicted octanol–water partition coefficient (Wildman–Crippen LogP) is 5.25. The molecular weight excluding hydrogens is 480 g/mol. The van der Waals surface area contributed by atoms with Crippen LogP contribution >= 0.6 is 27.5 Å². The van der Waals surface area contributed by atoms with Gasteiger partial charge in [0.15, 0.2) is 6.61 Å². The number of nitrogens with one attached hydrogen (secondary N) is 1. The largest absolute Gasteiger partial charge is 0.483 e. The van der Waals surface area contributed by atoms with Gasteiger partial charge in [0.05, 0.1) is 4.47 Å². The lowest BCUT2D eigenvalue weighted by Gasteiger charge is -2.30. The SMILES string of the molecule is CCCCNC(=O)C(CC)N(CCc1ccccc1)C(=O)COc1ccc(Cl)cc1Br. The van der Waals surface area contributed by atoms with Gasteiger partial charge in [-0.25, -0.2) is 0 Å². The molecule has 31 heavy (non-hydrogen) atoms. The van der Waals surface area contributed by atoms with E-state index < -0.39 is 6.04 Å². The van der Waals surface area contributed by atoms with E-state index in [4.69, 9.17) is 16.3 Å². The number of unbranched alkanes of at least 4 members (excludes halogenated alkanes) is 1. The minimum atomic E-state index is -0.537. The standard InChI is InChI=1S/C24H30BrClN2O3/c1-3-5-14-27-24(30)21(4-2)28(15-13-18-9-7-6-8-10-18)23(29)17-31-22-12-11-19(26)16-20(22)25/h6-12,16,21H,3-5,13-15,17H2,1-2H3,(H,27,30). The van der Waals surface area contributed by atoms with E-state index in [0.29, 0.717) is 41.2 Å². The summed E-state index contributed by atoms with van der Waals surface area (Å²) in [6.07, 6.45) is 3.10. The lowest BCUT2D eigenvalue weighted by Crippen LogP contribution is -2.51. The highest BCUT2D eigenvalue weighted by Crippen LogP contribution is 2.28. The van der Waals surface area contributed by atoms with Crippen molar-refractivity contribution in [3.8, 4) is 5.75 Å². The van der Waals surface area contributed by atoms with Crippen LogP contribution in [0.4, 0.5) is 0 Å². The van der Waals surface area contributed by atoms with Crippen molar-refractivity contribution in [3.63, 3.8) is 0 Å². The van der Waals surface area contributed by atoms with E-state index in [1.165, 1.54) is 0 Å². The summed E-state index contributed by atoms with van der Waals surface area (Å²) < 4.78 is 6.41. The van der Waals surface area contributed by atoms with E-state index in [2.05, 4.69) is 28.2 Å². The fraction of sp³-hybridized carbons (Fsp3) is 0.417. The smallest absolute Gasteiger partial charge is 0.261 e. The van der Waals surface area contributed by atoms with Crippen LogP contribution in [0.2, 0.25) is 5.02 Å². The van der Waals surface area contributed by atoms with Crippen molar-refractivity contribution in [2.45, 2.75) is 45.6 Å². The van der Waals surface area contributed by atoms with Crippen LogP contribution in [0.5, 0.6) is 5.75 Å². The minimum Gasteiger partial charge on any atom is -0.483 e. The van der Waals surface area contributed by atoms with Crippen molar-refractivity contribution in [1.29, 1.82) is 0 Å². The van der Waals surface area contributed by atoms with Gasteiger partial charge in [0.25, 0.3) is 5.91 Å². The van der Waals surface area contributed by atoms with E-state index in [1.807, 2.05) is 37.3 Å². The van der Waals surface area contributed by atoms with Gasteiger partial charge in [-0.3, -0.25) is 9.59 Å². The number of halogens is 2. The Kier molecular flexibility index (Phi) is 10.9. The molecule has 2 amide bonds. The first-order valence-electron chi connectivity index (χ1n) is 10.6. The van der Waals surface area contributed by atoms with Crippen LogP contribution in [0, 0.1) is 0 Å². The first kappa shape index (κ1) is 25.2. The lowest BCUT2D eigenvalue weighted by molar-refractivity contribution is -0.142. The zero-order chi connectivity index (χ0) is 22.6. The first-order valence-corrected chi connectivity index (χ1v) is 11.8. The Morgan fingerprint density at radius 3 is 2.55 bits per heavy atom. The Morgan fingerprint density at radius 2 is 1.90 bits per heavy atom. The summed E-state index contributed by atoms with van der Waals surface area (Å²) in [4.78, 5) is 27.6. The van der Waals surface area contributed by atoms with Gasteiger partial charge in [0.1, 0.15) is 11.8 Å². The molecule has 0 aliphatic rings. The molecule has 1 atom stereocenters.